The van der Waals surface area contributed by atoms with Crippen LogP contribution in [0.5, 0.6) is 0 Å². The standard InChI is InChI=1S/C22H23N3/c1-3-4-13-25-19-8-6-5-7-15(19)16-9-10-20-21(22(16)25)17-14-23-12-11-18(17)24(20)2/h5-12,14,17-18H,3-4,13H2,1-2H3. The second kappa shape index (κ2) is 5.48. The van der Waals surface area contributed by atoms with E-state index < -0.39 is 0 Å². The molecule has 126 valence electrons. The van der Waals surface area contributed by atoms with E-state index in [-0.39, 0.29) is 0 Å². The lowest BCUT2D eigenvalue weighted by Crippen LogP contribution is -2.30. The highest BCUT2D eigenvalue weighted by molar-refractivity contribution is 6.11. The van der Waals surface area contributed by atoms with Crippen molar-refractivity contribution in [2.45, 2.75) is 38.3 Å². The van der Waals surface area contributed by atoms with E-state index in [1.165, 1.54) is 45.9 Å². The summed E-state index contributed by atoms with van der Waals surface area (Å²) in [6.07, 6.45) is 8.71. The van der Waals surface area contributed by atoms with Gasteiger partial charge in [0.1, 0.15) is 0 Å². The van der Waals surface area contributed by atoms with Gasteiger partial charge in [-0.1, -0.05) is 37.6 Å². The van der Waals surface area contributed by atoms with E-state index in [9.17, 15) is 0 Å². The number of aliphatic imine (C=N–C) groups is 1. The van der Waals surface area contributed by atoms with E-state index in [1.54, 1.807) is 0 Å². The van der Waals surface area contributed by atoms with E-state index in [1.807, 2.05) is 6.20 Å². The Hall–Kier alpha value is -2.55. The third-order valence-electron chi connectivity index (χ3n) is 5.83. The molecule has 0 saturated carbocycles. The first-order chi connectivity index (χ1) is 12.3. The molecule has 2 aliphatic heterocycles. The number of likely N-dealkylation sites (N-methyl/N-ethyl adjacent to an activating group) is 1. The zero-order valence-corrected chi connectivity index (χ0v) is 14.8. The van der Waals surface area contributed by atoms with E-state index >= 15 is 0 Å². The van der Waals surface area contributed by atoms with Gasteiger partial charge in [0.25, 0.3) is 0 Å². The Bertz CT molecular complexity index is 1020. The molecule has 0 amide bonds. The lowest BCUT2D eigenvalue weighted by molar-refractivity contribution is 0.662. The van der Waals surface area contributed by atoms with Crippen LogP contribution in [0.1, 0.15) is 31.2 Å². The molecule has 0 radical (unpaired) electrons. The smallest absolute Gasteiger partial charge is 0.0607 e. The molecule has 3 heterocycles. The van der Waals surface area contributed by atoms with Gasteiger partial charge >= 0.3 is 0 Å². The predicted molar refractivity (Wildman–Crippen MR) is 107 cm³/mol. The number of aryl methyl sites for hydroxylation is 1. The topological polar surface area (TPSA) is 20.5 Å². The number of hydrogen-bond donors (Lipinski definition) is 0. The molecule has 2 aromatic carbocycles. The zero-order chi connectivity index (χ0) is 17.0. The maximum absolute atomic E-state index is 4.46. The van der Waals surface area contributed by atoms with Crippen LogP contribution in [0.4, 0.5) is 5.69 Å². The van der Waals surface area contributed by atoms with Gasteiger partial charge in [0.05, 0.1) is 11.6 Å². The number of fused-ring (bicyclic) bond motifs is 7. The summed E-state index contributed by atoms with van der Waals surface area (Å²) in [7, 11) is 2.21. The molecular weight excluding hydrogens is 306 g/mol. The van der Waals surface area contributed by atoms with Crippen molar-refractivity contribution in [3.8, 4) is 0 Å². The molecule has 3 heteroatoms. The van der Waals surface area contributed by atoms with Crippen LogP contribution in [0, 0.1) is 0 Å². The first-order valence-electron chi connectivity index (χ1n) is 9.28. The van der Waals surface area contributed by atoms with E-state index in [0.29, 0.717) is 12.0 Å². The first-order valence-corrected chi connectivity index (χ1v) is 9.28. The van der Waals surface area contributed by atoms with Gasteiger partial charge in [-0.3, -0.25) is 4.99 Å². The Morgan fingerprint density at radius 3 is 2.84 bits per heavy atom. The highest BCUT2D eigenvalue weighted by Gasteiger charge is 2.37. The van der Waals surface area contributed by atoms with Gasteiger partial charge in [0, 0.05) is 59.5 Å². The van der Waals surface area contributed by atoms with Crippen LogP contribution in [0.15, 0.2) is 53.7 Å². The van der Waals surface area contributed by atoms with Crippen molar-refractivity contribution in [1.82, 2.24) is 4.57 Å². The van der Waals surface area contributed by atoms with Crippen LogP contribution in [0.2, 0.25) is 0 Å². The van der Waals surface area contributed by atoms with Crippen molar-refractivity contribution < 1.29 is 0 Å². The molecule has 2 atom stereocenters. The van der Waals surface area contributed by atoms with Crippen molar-refractivity contribution >= 4 is 33.7 Å². The molecule has 3 aromatic rings. The van der Waals surface area contributed by atoms with Crippen LogP contribution in [0.3, 0.4) is 0 Å². The highest BCUT2D eigenvalue weighted by Crippen LogP contribution is 2.46. The van der Waals surface area contributed by atoms with Crippen LogP contribution >= 0.6 is 0 Å². The third kappa shape index (κ3) is 1.95. The lowest BCUT2D eigenvalue weighted by Gasteiger charge is -2.23. The van der Waals surface area contributed by atoms with Gasteiger partial charge < -0.3 is 9.47 Å². The summed E-state index contributed by atoms with van der Waals surface area (Å²) < 4.78 is 2.55. The number of aromatic nitrogens is 1. The second-order valence-electron chi connectivity index (χ2n) is 7.18. The molecule has 1 aromatic heterocycles. The number of rotatable bonds is 3. The van der Waals surface area contributed by atoms with E-state index in [4.69, 9.17) is 0 Å². The molecule has 2 aliphatic rings. The molecular formula is C22H23N3. The minimum atomic E-state index is 0.346. The third-order valence-corrected chi connectivity index (χ3v) is 5.83. The summed E-state index contributed by atoms with van der Waals surface area (Å²) in [4.78, 5) is 6.87. The van der Waals surface area contributed by atoms with Crippen molar-refractivity contribution in [2.24, 2.45) is 4.99 Å². The summed E-state index contributed by atoms with van der Waals surface area (Å²) in [5.74, 6) is 0.346. The van der Waals surface area contributed by atoms with Crippen LogP contribution in [0.25, 0.3) is 21.8 Å². The predicted octanol–water partition coefficient (Wildman–Crippen LogP) is 5.09. The van der Waals surface area contributed by atoms with E-state index in [2.05, 4.69) is 77.1 Å². The summed E-state index contributed by atoms with van der Waals surface area (Å²) in [5, 5.41) is 2.74. The maximum Gasteiger partial charge on any atom is 0.0607 e. The Balaban J connectivity index is 1.87. The van der Waals surface area contributed by atoms with Crippen molar-refractivity contribution in [3.63, 3.8) is 0 Å². The Morgan fingerprint density at radius 2 is 1.96 bits per heavy atom. The lowest BCUT2D eigenvalue weighted by atomic mass is 9.93. The molecule has 0 bridgehead atoms. The molecule has 0 spiro atoms. The Morgan fingerprint density at radius 1 is 1.08 bits per heavy atom. The molecule has 3 nitrogen and oxygen atoms in total. The first kappa shape index (κ1) is 14.8. The number of anilines is 1. The van der Waals surface area contributed by atoms with Crippen molar-refractivity contribution in [1.29, 1.82) is 0 Å². The van der Waals surface area contributed by atoms with Crippen LogP contribution in [-0.4, -0.2) is 23.9 Å². The maximum atomic E-state index is 4.46. The summed E-state index contributed by atoms with van der Waals surface area (Å²) in [6.45, 7) is 3.34. The Labute approximate surface area is 148 Å². The molecule has 0 aliphatic carbocycles. The Kier molecular flexibility index (Phi) is 3.24. The molecule has 5 rings (SSSR count). The van der Waals surface area contributed by atoms with Gasteiger partial charge in [-0.15, -0.1) is 0 Å². The number of benzene rings is 2. The molecule has 0 fully saturated rings. The largest absolute Gasteiger partial charge is 0.367 e. The fourth-order valence-electron chi connectivity index (χ4n) is 4.61. The van der Waals surface area contributed by atoms with Gasteiger partial charge in [0.2, 0.25) is 0 Å². The average Bonchev–Trinajstić information content (AvgIpc) is 3.13. The molecule has 25 heavy (non-hydrogen) atoms. The fraction of sp³-hybridized carbons (Fsp3) is 0.318. The molecule has 0 N–H and O–H groups in total. The van der Waals surface area contributed by atoms with Crippen LogP contribution < -0.4 is 4.90 Å². The quantitative estimate of drug-likeness (QED) is 0.655. The minimum absolute atomic E-state index is 0.346. The monoisotopic (exact) mass is 329 g/mol. The van der Waals surface area contributed by atoms with Crippen molar-refractivity contribution in [3.05, 3.63) is 54.2 Å². The SMILES string of the molecule is CCCCn1c2ccccc2c2ccc3c(c21)C1C=NC=CC1N3C. The number of unbranched alkanes of at least 4 members (excludes halogenated alkanes) is 1. The summed E-state index contributed by atoms with van der Waals surface area (Å²) in [5.41, 5.74) is 5.56. The number of nitrogens with zero attached hydrogens (tertiary/aromatic N) is 3. The minimum Gasteiger partial charge on any atom is -0.367 e. The fourth-order valence-corrected chi connectivity index (χ4v) is 4.61. The van der Waals surface area contributed by atoms with E-state index in [0.717, 1.165) is 6.54 Å². The second-order valence-corrected chi connectivity index (χ2v) is 7.18. The highest BCUT2D eigenvalue weighted by atomic mass is 15.2. The number of hydrogen-bond acceptors (Lipinski definition) is 2. The van der Waals surface area contributed by atoms with Gasteiger partial charge in [0.15, 0.2) is 0 Å². The van der Waals surface area contributed by atoms with Gasteiger partial charge in [-0.2, -0.15) is 0 Å². The van der Waals surface area contributed by atoms with Gasteiger partial charge in [-0.05, 0) is 24.6 Å². The average molecular weight is 329 g/mol. The number of para-hydroxylation sites is 1. The normalized spacial score (nSPS) is 21.3. The van der Waals surface area contributed by atoms with Crippen LogP contribution in [-0.2, 0) is 6.54 Å². The molecule has 2 unspecified atom stereocenters. The summed E-state index contributed by atoms with van der Waals surface area (Å²) in [6, 6.07) is 13.8. The van der Waals surface area contributed by atoms with Gasteiger partial charge in [-0.25, -0.2) is 0 Å². The zero-order valence-electron chi connectivity index (χ0n) is 14.8. The summed E-state index contributed by atoms with van der Waals surface area (Å²) >= 11 is 0. The molecule has 0 saturated heterocycles. The van der Waals surface area contributed by atoms with Crippen molar-refractivity contribution in [2.75, 3.05) is 11.9 Å².